The normalized spacial score (nSPS) is 10.1. The van der Waals surface area contributed by atoms with Gasteiger partial charge in [-0.3, -0.25) is 9.59 Å². The van der Waals surface area contributed by atoms with E-state index in [1.165, 1.54) is 6.07 Å². The lowest BCUT2D eigenvalue weighted by Gasteiger charge is -2.10. The maximum absolute atomic E-state index is 11.9. The van der Waals surface area contributed by atoms with Crippen LogP contribution in [0.2, 0.25) is 0 Å². The number of hydrogen-bond acceptors (Lipinski definition) is 3. The van der Waals surface area contributed by atoms with Crippen LogP contribution in [0.1, 0.15) is 16.7 Å². The van der Waals surface area contributed by atoms with Crippen molar-refractivity contribution in [3.05, 3.63) is 53.1 Å². The van der Waals surface area contributed by atoms with Crippen LogP contribution in [0.3, 0.4) is 0 Å². The van der Waals surface area contributed by atoms with Gasteiger partial charge in [-0.25, -0.2) is 0 Å². The van der Waals surface area contributed by atoms with Crippen LogP contribution < -0.4 is 10.6 Å². The predicted molar refractivity (Wildman–Crippen MR) is 86.0 cm³/mol. The third-order valence-electron chi connectivity index (χ3n) is 3.24. The van der Waals surface area contributed by atoms with E-state index in [4.69, 9.17) is 0 Å². The Balaban J connectivity index is 2.09. The summed E-state index contributed by atoms with van der Waals surface area (Å²) >= 11 is 0. The molecule has 0 unspecified atom stereocenters. The molecule has 5 nitrogen and oxygen atoms in total. The second kappa shape index (κ2) is 6.30. The Kier molecular flexibility index (Phi) is 4.46. The Morgan fingerprint density at radius 3 is 2.00 bits per heavy atom. The first kappa shape index (κ1) is 15.6. The monoisotopic (exact) mass is 298 g/mol. The molecule has 0 heterocycles. The average Bonchev–Trinajstić information content (AvgIpc) is 2.45. The van der Waals surface area contributed by atoms with E-state index < -0.39 is 11.8 Å². The summed E-state index contributed by atoms with van der Waals surface area (Å²) in [5.74, 6) is -1.70. The largest absolute Gasteiger partial charge is 0.506 e. The highest BCUT2D eigenvalue weighted by Crippen LogP contribution is 2.24. The number of aromatic hydroxyl groups is 1. The van der Waals surface area contributed by atoms with E-state index in [0.29, 0.717) is 5.69 Å². The summed E-state index contributed by atoms with van der Waals surface area (Å²) in [6.45, 7) is 5.63. The number of hydrogen-bond donors (Lipinski definition) is 3. The molecule has 0 saturated carbocycles. The Bertz CT molecular complexity index is 739. The van der Waals surface area contributed by atoms with Gasteiger partial charge in [-0.05, 0) is 50.1 Å². The van der Waals surface area contributed by atoms with E-state index in [1.54, 1.807) is 18.2 Å². The first-order valence-electron chi connectivity index (χ1n) is 6.86. The number of anilines is 2. The van der Waals surface area contributed by atoms with Crippen LogP contribution in [0.25, 0.3) is 0 Å². The van der Waals surface area contributed by atoms with Crippen LogP contribution in [-0.2, 0) is 9.59 Å². The van der Waals surface area contributed by atoms with Gasteiger partial charge in [-0.2, -0.15) is 0 Å². The Hall–Kier alpha value is -2.82. The topological polar surface area (TPSA) is 78.4 Å². The van der Waals surface area contributed by atoms with Crippen LogP contribution in [0.5, 0.6) is 5.75 Å². The van der Waals surface area contributed by atoms with Gasteiger partial charge in [0.2, 0.25) is 0 Å². The van der Waals surface area contributed by atoms with E-state index in [9.17, 15) is 14.7 Å². The molecule has 0 aliphatic heterocycles. The zero-order valence-corrected chi connectivity index (χ0v) is 12.7. The standard InChI is InChI=1S/C17H18N2O3/c1-10-4-6-13(12(3)8-10)18-16(21)17(22)19-14-9-11(2)5-7-15(14)20/h4-9,20H,1-3H3,(H,18,21)(H,19,22). The summed E-state index contributed by atoms with van der Waals surface area (Å²) in [7, 11) is 0. The van der Waals surface area contributed by atoms with Crippen LogP contribution in [0.15, 0.2) is 36.4 Å². The van der Waals surface area contributed by atoms with Crippen molar-refractivity contribution >= 4 is 23.2 Å². The molecule has 2 aromatic carbocycles. The number of phenols is 1. The summed E-state index contributed by atoms with van der Waals surface area (Å²) in [4.78, 5) is 23.9. The van der Waals surface area contributed by atoms with Crippen molar-refractivity contribution in [3.63, 3.8) is 0 Å². The Labute approximate surface area is 129 Å². The zero-order valence-electron chi connectivity index (χ0n) is 12.7. The molecule has 5 heteroatoms. The number of nitrogens with one attached hydrogen (secondary N) is 2. The van der Waals surface area contributed by atoms with Crippen LogP contribution in [0, 0.1) is 20.8 Å². The van der Waals surface area contributed by atoms with Crippen LogP contribution in [-0.4, -0.2) is 16.9 Å². The van der Waals surface area contributed by atoms with Crippen molar-refractivity contribution in [3.8, 4) is 5.75 Å². The smallest absolute Gasteiger partial charge is 0.314 e. The number of benzene rings is 2. The summed E-state index contributed by atoms with van der Waals surface area (Å²) in [5.41, 5.74) is 3.60. The fraction of sp³-hybridized carbons (Fsp3) is 0.176. The molecule has 0 atom stereocenters. The average molecular weight is 298 g/mol. The van der Waals surface area contributed by atoms with Gasteiger partial charge in [0.15, 0.2) is 0 Å². The maximum atomic E-state index is 11.9. The lowest BCUT2D eigenvalue weighted by atomic mass is 10.1. The van der Waals surface area contributed by atoms with Crippen molar-refractivity contribution in [2.75, 3.05) is 10.6 Å². The fourth-order valence-corrected chi connectivity index (χ4v) is 2.06. The predicted octanol–water partition coefficient (Wildman–Crippen LogP) is 2.89. The van der Waals surface area contributed by atoms with Crippen molar-refractivity contribution in [2.24, 2.45) is 0 Å². The van der Waals surface area contributed by atoms with Gasteiger partial charge in [0.25, 0.3) is 0 Å². The Morgan fingerprint density at radius 1 is 0.818 bits per heavy atom. The molecule has 0 bridgehead atoms. The van der Waals surface area contributed by atoms with Gasteiger partial charge >= 0.3 is 11.8 Å². The van der Waals surface area contributed by atoms with Crippen LogP contribution in [0.4, 0.5) is 11.4 Å². The van der Waals surface area contributed by atoms with Gasteiger partial charge in [0.05, 0.1) is 5.69 Å². The minimum atomic E-state index is -0.833. The van der Waals surface area contributed by atoms with Gasteiger partial charge < -0.3 is 15.7 Å². The molecule has 0 aliphatic carbocycles. The molecule has 0 aliphatic rings. The lowest BCUT2D eigenvalue weighted by Crippen LogP contribution is -2.29. The molecule has 114 valence electrons. The first-order valence-corrected chi connectivity index (χ1v) is 6.86. The molecule has 2 amide bonds. The lowest BCUT2D eigenvalue weighted by molar-refractivity contribution is -0.133. The van der Waals surface area contributed by atoms with Gasteiger partial charge in [0, 0.05) is 5.69 Å². The SMILES string of the molecule is Cc1ccc(NC(=O)C(=O)Nc2cc(C)ccc2O)c(C)c1. The van der Waals surface area contributed by atoms with E-state index in [0.717, 1.165) is 16.7 Å². The van der Waals surface area contributed by atoms with E-state index in [2.05, 4.69) is 10.6 Å². The van der Waals surface area contributed by atoms with Gasteiger partial charge in [-0.1, -0.05) is 23.8 Å². The van der Waals surface area contributed by atoms with Crippen molar-refractivity contribution in [1.82, 2.24) is 0 Å². The van der Waals surface area contributed by atoms with Crippen molar-refractivity contribution < 1.29 is 14.7 Å². The second-order valence-electron chi connectivity index (χ2n) is 5.25. The number of carbonyl (C=O) groups is 2. The van der Waals surface area contributed by atoms with Crippen LogP contribution >= 0.6 is 0 Å². The highest BCUT2D eigenvalue weighted by Gasteiger charge is 2.16. The van der Waals surface area contributed by atoms with E-state index >= 15 is 0 Å². The molecule has 0 saturated heterocycles. The molecule has 0 spiro atoms. The minimum Gasteiger partial charge on any atom is -0.506 e. The highest BCUT2D eigenvalue weighted by molar-refractivity contribution is 6.43. The summed E-state index contributed by atoms with van der Waals surface area (Å²) < 4.78 is 0. The third kappa shape index (κ3) is 3.63. The van der Waals surface area contributed by atoms with E-state index in [1.807, 2.05) is 32.9 Å². The number of aryl methyl sites for hydroxylation is 3. The molecule has 3 N–H and O–H groups in total. The molecule has 2 rings (SSSR count). The van der Waals surface area contributed by atoms with Gasteiger partial charge in [-0.15, -0.1) is 0 Å². The first-order chi connectivity index (χ1) is 10.4. The molecule has 0 aromatic heterocycles. The quantitative estimate of drug-likeness (QED) is 0.589. The summed E-state index contributed by atoms with van der Waals surface area (Å²) in [5, 5.41) is 14.6. The molecule has 0 radical (unpaired) electrons. The molecular formula is C17H18N2O3. The summed E-state index contributed by atoms with van der Waals surface area (Å²) in [6.07, 6.45) is 0. The minimum absolute atomic E-state index is 0.0849. The van der Waals surface area contributed by atoms with E-state index in [-0.39, 0.29) is 11.4 Å². The zero-order chi connectivity index (χ0) is 16.3. The highest BCUT2D eigenvalue weighted by atomic mass is 16.3. The number of amides is 2. The fourth-order valence-electron chi connectivity index (χ4n) is 2.06. The number of carbonyl (C=O) groups excluding carboxylic acids is 2. The Morgan fingerprint density at radius 2 is 1.36 bits per heavy atom. The molecular weight excluding hydrogens is 280 g/mol. The van der Waals surface area contributed by atoms with Crippen molar-refractivity contribution in [1.29, 1.82) is 0 Å². The number of phenolic OH excluding ortho intramolecular Hbond substituents is 1. The third-order valence-corrected chi connectivity index (χ3v) is 3.24. The van der Waals surface area contributed by atoms with Gasteiger partial charge in [0.1, 0.15) is 5.75 Å². The number of rotatable bonds is 2. The molecule has 0 fully saturated rings. The molecule has 22 heavy (non-hydrogen) atoms. The summed E-state index contributed by atoms with van der Waals surface area (Å²) in [6, 6.07) is 10.3. The second-order valence-corrected chi connectivity index (χ2v) is 5.25. The van der Waals surface area contributed by atoms with Crippen molar-refractivity contribution in [2.45, 2.75) is 20.8 Å². The molecule has 2 aromatic rings. The maximum Gasteiger partial charge on any atom is 0.314 e.